The number of ether oxygens (including phenoxy) is 1. The first kappa shape index (κ1) is 13.5. The fraction of sp³-hybridized carbons (Fsp3) is 0.583. The molecule has 1 aliphatic rings. The minimum atomic E-state index is 0.293. The Morgan fingerprint density at radius 3 is 3.00 bits per heavy atom. The Kier molecular flexibility index (Phi) is 4.97. The predicted octanol–water partition coefficient (Wildman–Crippen LogP) is 2.83. The fourth-order valence-corrected chi connectivity index (χ4v) is 2.52. The predicted molar refractivity (Wildman–Crippen MR) is 75.3 cm³/mol. The van der Waals surface area contributed by atoms with Gasteiger partial charge in [-0.3, -0.25) is 9.88 Å². The standard InChI is InChI=1S/C12H16Br2N2O/c1-9-8-17-12(4-13)7-16(9)6-11-3-2-10(14)5-15-11/h2-3,5,9,12H,4,6-8H2,1H3. The molecule has 1 fully saturated rings. The van der Waals surface area contributed by atoms with Gasteiger partial charge >= 0.3 is 0 Å². The number of rotatable bonds is 3. The van der Waals surface area contributed by atoms with E-state index in [4.69, 9.17) is 4.74 Å². The van der Waals surface area contributed by atoms with Gasteiger partial charge in [0.2, 0.25) is 0 Å². The third-order valence-corrected chi connectivity index (χ3v) is 4.15. The van der Waals surface area contributed by atoms with Gasteiger partial charge in [-0.2, -0.15) is 0 Å². The number of nitrogens with zero attached hydrogens (tertiary/aromatic N) is 2. The first-order valence-electron chi connectivity index (χ1n) is 5.71. The lowest BCUT2D eigenvalue weighted by atomic mass is 10.2. The zero-order valence-electron chi connectivity index (χ0n) is 9.77. The molecule has 1 saturated heterocycles. The van der Waals surface area contributed by atoms with Gasteiger partial charge in [0.1, 0.15) is 0 Å². The van der Waals surface area contributed by atoms with Crippen molar-refractivity contribution < 1.29 is 4.74 Å². The summed E-state index contributed by atoms with van der Waals surface area (Å²) in [4.78, 5) is 6.84. The van der Waals surface area contributed by atoms with Crippen LogP contribution in [0.4, 0.5) is 0 Å². The Morgan fingerprint density at radius 1 is 1.53 bits per heavy atom. The molecular weight excluding hydrogens is 348 g/mol. The summed E-state index contributed by atoms with van der Waals surface area (Å²) in [5, 5.41) is 0.893. The molecule has 2 rings (SSSR count). The van der Waals surface area contributed by atoms with Gasteiger partial charge in [-0.1, -0.05) is 15.9 Å². The van der Waals surface area contributed by atoms with Gasteiger partial charge in [-0.05, 0) is 35.0 Å². The quantitative estimate of drug-likeness (QED) is 0.772. The molecule has 2 unspecified atom stereocenters. The van der Waals surface area contributed by atoms with E-state index in [-0.39, 0.29) is 0 Å². The molecule has 3 nitrogen and oxygen atoms in total. The van der Waals surface area contributed by atoms with Crippen molar-refractivity contribution in [2.45, 2.75) is 25.6 Å². The van der Waals surface area contributed by atoms with Gasteiger partial charge in [0, 0.05) is 35.1 Å². The van der Waals surface area contributed by atoms with Crippen molar-refractivity contribution in [2.75, 3.05) is 18.5 Å². The van der Waals surface area contributed by atoms with Crippen molar-refractivity contribution >= 4 is 31.9 Å². The van der Waals surface area contributed by atoms with Crippen LogP contribution >= 0.6 is 31.9 Å². The number of alkyl halides is 1. The third kappa shape index (κ3) is 3.74. The first-order valence-corrected chi connectivity index (χ1v) is 7.62. The minimum Gasteiger partial charge on any atom is -0.374 e. The summed E-state index contributed by atoms with van der Waals surface area (Å²) >= 11 is 6.88. The number of pyridine rings is 1. The Balaban J connectivity index is 1.98. The van der Waals surface area contributed by atoms with Gasteiger partial charge in [-0.25, -0.2) is 0 Å². The van der Waals surface area contributed by atoms with E-state index in [9.17, 15) is 0 Å². The number of aromatic nitrogens is 1. The lowest BCUT2D eigenvalue weighted by Crippen LogP contribution is -2.48. The average Bonchev–Trinajstić information content (AvgIpc) is 2.35. The molecule has 0 aliphatic carbocycles. The van der Waals surface area contributed by atoms with Crippen molar-refractivity contribution in [3.63, 3.8) is 0 Å². The topological polar surface area (TPSA) is 25.4 Å². The van der Waals surface area contributed by atoms with Gasteiger partial charge in [0.15, 0.2) is 0 Å². The molecule has 0 saturated carbocycles. The van der Waals surface area contributed by atoms with Gasteiger partial charge in [-0.15, -0.1) is 0 Å². The third-order valence-electron chi connectivity index (χ3n) is 2.96. The first-order chi connectivity index (χ1) is 8.19. The molecule has 1 aromatic heterocycles. The van der Waals surface area contributed by atoms with E-state index in [2.05, 4.69) is 54.7 Å². The Labute approximate surface area is 119 Å². The van der Waals surface area contributed by atoms with Crippen LogP contribution in [0.3, 0.4) is 0 Å². The molecule has 2 atom stereocenters. The van der Waals surface area contributed by atoms with Crippen molar-refractivity contribution in [3.05, 3.63) is 28.5 Å². The monoisotopic (exact) mass is 362 g/mol. The molecule has 0 amide bonds. The van der Waals surface area contributed by atoms with Gasteiger partial charge in [0.25, 0.3) is 0 Å². The number of halogens is 2. The molecule has 0 bridgehead atoms. The summed E-state index contributed by atoms with van der Waals surface area (Å²) < 4.78 is 6.73. The van der Waals surface area contributed by atoms with Crippen LogP contribution in [0.25, 0.3) is 0 Å². The molecule has 0 radical (unpaired) electrons. The van der Waals surface area contributed by atoms with E-state index in [0.29, 0.717) is 12.1 Å². The summed E-state index contributed by atoms with van der Waals surface area (Å²) in [6, 6.07) is 4.56. The molecule has 1 aromatic rings. The molecule has 17 heavy (non-hydrogen) atoms. The fourth-order valence-electron chi connectivity index (χ4n) is 1.90. The Morgan fingerprint density at radius 2 is 2.35 bits per heavy atom. The van der Waals surface area contributed by atoms with Crippen LogP contribution in [-0.4, -0.2) is 40.5 Å². The minimum absolute atomic E-state index is 0.293. The summed E-state index contributed by atoms with van der Waals surface area (Å²) in [6.07, 6.45) is 2.14. The highest BCUT2D eigenvalue weighted by atomic mass is 79.9. The summed E-state index contributed by atoms with van der Waals surface area (Å²) in [6.45, 7) is 4.85. The molecule has 94 valence electrons. The van der Waals surface area contributed by atoms with Crippen LogP contribution < -0.4 is 0 Å². The molecule has 2 heterocycles. The van der Waals surface area contributed by atoms with Crippen LogP contribution in [-0.2, 0) is 11.3 Å². The Hall–Kier alpha value is 0.0300. The smallest absolute Gasteiger partial charge is 0.0799 e. The highest BCUT2D eigenvalue weighted by Crippen LogP contribution is 2.16. The molecule has 0 spiro atoms. The van der Waals surface area contributed by atoms with Gasteiger partial charge in [0.05, 0.1) is 18.4 Å². The van der Waals surface area contributed by atoms with Crippen molar-refractivity contribution in [2.24, 2.45) is 0 Å². The summed E-state index contributed by atoms with van der Waals surface area (Å²) in [7, 11) is 0. The van der Waals surface area contributed by atoms with E-state index >= 15 is 0 Å². The Bertz CT molecular complexity index is 358. The maximum atomic E-state index is 5.71. The second-order valence-electron chi connectivity index (χ2n) is 4.36. The van der Waals surface area contributed by atoms with E-state index in [1.807, 2.05) is 12.3 Å². The molecule has 0 N–H and O–H groups in total. The largest absolute Gasteiger partial charge is 0.374 e. The van der Waals surface area contributed by atoms with Crippen LogP contribution in [0.5, 0.6) is 0 Å². The second kappa shape index (κ2) is 6.27. The number of morpholine rings is 1. The zero-order chi connectivity index (χ0) is 12.3. The maximum absolute atomic E-state index is 5.71. The number of hydrogen-bond donors (Lipinski definition) is 0. The normalized spacial score (nSPS) is 26.1. The van der Waals surface area contributed by atoms with Crippen LogP contribution in [0.1, 0.15) is 12.6 Å². The highest BCUT2D eigenvalue weighted by Gasteiger charge is 2.25. The molecule has 0 aromatic carbocycles. The van der Waals surface area contributed by atoms with E-state index < -0.39 is 0 Å². The molecular formula is C12H16Br2N2O. The van der Waals surface area contributed by atoms with Crippen molar-refractivity contribution in [3.8, 4) is 0 Å². The molecule has 1 aliphatic heterocycles. The second-order valence-corrected chi connectivity index (χ2v) is 5.92. The van der Waals surface area contributed by atoms with Crippen molar-refractivity contribution in [1.82, 2.24) is 9.88 Å². The maximum Gasteiger partial charge on any atom is 0.0799 e. The lowest BCUT2D eigenvalue weighted by molar-refractivity contribution is -0.0503. The SMILES string of the molecule is CC1COC(CBr)CN1Cc1ccc(Br)cn1. The zero-order valence-corrected chi connectivity index (χ0v) is 12.9. The van der Waals surface area contributed by atoms with Crippen LogP contribution in [0.2, 0.25) is 0 Å². The van der Waals surface area contributed by atoms with E-state index in [0.717, 1.165) is 35.2 Å². The number of hydrogen-bond acceptors (Lipinski definition) is 3. The van der Waals surface area contributed by atoms with E-state index in [1.54, 1.807) is 0 Å². The summed E-state index contributed by atoms with van der Waals surface area (Å²) in [5.74, 6) is 0. The van der Waals surface area contributed by atoms with Gasteiger partial charge < -0.3 is 4.74 Å². The van der Waals surface area contributed by atoms with Crippen LogP contribution in [0.15, 0.2) is 22.8 Å². The summed E-state index contributed by atoms with van der Waals surface area (Å²) in [5.41, 5.74) is 1.11. The van der Waals surface area contributed by atoms with Crippen LogP contribution in [0, 0.1) is 0 Å². The molecule has 5 heteroatoms. The highest BCUT2D eigenvalue weighted by molar-refractivity contribution is 9.10. The van der Waals surface area contributed by atoms with Crippen molar-refractivity contribution in [1.29, 1.82) is 0 Å². The average molecular weight is 364 g/mol. The van der Waals surface area contributed by atoms with E-state index in [1.165, 1.54) is 0 Å². The lowest BCUT2D eigenvalue weighted by Gasteiger charge is -2.37.